The average molecular weight is 312 g/mol. The van der Waals surface area contributed by atoms with Crippen molar-refractivity contribution >= 4 is 5.91 Å². The summed E-state index contributed by atoms with van der Waals surface area (Å²) in [5, 5.41) is 7.86. The van der Waals surface area contributed by atoms with Crippen LogP contribution in [-0.4, -0.2) is 33.2 Å². The van der Waals surface area contributed by atoms with Gasteiger partial charge in [-0.1, -0.05) is 30.3 Å². The second kappa shape index (κ2) is 6.96. The van der Waals surface area contributed by atoms with Gasteiger partial charge in [0.15, 0.2) is 0 Å². The van der Waals surface area contributed by atoms with Gasteiger partial charge in [0.05, 0.1) is 6.20 Å². The van der Waals surface area contributed by atoms with Gasteiger partial charge in [0.2, 0.25) is 5.91 Å². The number of nitrogens with one attached hydrogen (secondary N) is 1. The fourth-order valence-electron chi connectivity index (χ4n) is 3.01. The topological polar surface area (TPSA) is 50.2 Å². The molecule has 1 aliphatic rings. The summed E-state index contributed by atoms with van der Waals surface area (Å²) in [6.45, 7) is 4.35. The molecule has 1 fully saturated rings. The van der Waals surface area contributed by atoms with E-state index in [0.29, 0.717) is 19.0 Å². The first-order chi connectivity index (χ1) is 11.1. The van der Waals surface area contributed by atoms with Crippen LogP contribution in [0.1, 0.15) is 29.7 Å². The third-order valence-corrected chi connectivity index (χ3v) is 4.63. The Balaban J connectivity index is 1.57. The van der Waals surface area contributed by atoms with E-state index in [9.17, 15) is 4.79 Å². The van der Waals surface area contributed by atoms with Crippen LogP contribution in [0.4, 0.5) is 0 Å². The first-order valence-corrected chi connectivity index (χ1v) is 8.16. The first-order valence-electron chi connectivity index (χ1n) is 8.16. The van der Waals surface area contributed by atoms with Crippen LogP contribution >= 0.6 is 0 Å². The fraction of sp³-hybridized carbons (Fsp3) is 0.444. The van der Waals surface area contributed by atoms with E-state index >= 15 is 0 Å². The van der Waals surface area contributed by atoms with E-state index in [4.69, 9.17) is 0 Å². The zero-order valence-electron chi connectivity index (χ0n) is 13.8. The Morgan fingerprint density at radius 2 is 2.09 bits per heavy atom. The number of aryl methyl sites for hydroxylation is 1. The minimum atomic E-state index is 0.254. The summed E-state index contributed by atoms with van der Waals surface area (Å²) in [4.78, 5) is 14.1. The number of carbonyl (C=O) groups excluding carboxylic acids is 1. The molecule has 0 spiro atoms. The van der Waals surface area contributed by atoms with Gasteiger partial charge < -0.3 is 10.2 Å². The Hall–Kier alpha value is -2.14. The van der Waals surface area contributed by atoms with E-state index < -0.39 is 0 Å². The lowest BCUT2D eigenvalue weighted by molar-refractivity contribution is -0.134. The van der Waals surface area contributed by atoms with Gasteiger partial charge in [-0.15, -0.1) is 0 Å². The number of aromatic nitrogens is 2. The number of carbonyl (C=O) groups is 1. The molecule has 2 heterocycles. The van der Waals surface area contributed by atoms with Crippen LogP contribution in [0, 0.1) is 6.92 Å². The van der Waals surface area contributed by atoms with Crippen LogP contribution < -0.4 is 5.32 Å². The molecule has 1 saturated heterocycles. The van der Waals surface area contributed by atoms with Crippen molar-refractivity contribution in [2.75, 3.05) is 6.54 Å². The van der Waals surface area contributed by atoms with Crippen molar-refractivity contribution in [3.63, 3.8) is 0 Å². The van der Waals surface area contributed by atoms with Gasteiger partial charge >= 0.3 is 0 Å². The molecule has 0 unspecified atom stereocenters. The highest BCUT2D eigenvalue weighted by atomic mass is 16.2. The second-order valence-corrected chi connectivity index (χ2v) is 6.26. The molecule has 1 aromatic carbocycles. The Morgan fingerprint density at radius 1 is 1.30 bits per heavy atom. The summed E-state index contributed by atoms with van der Waals surface area (Å²) in [5.41, 5.74) is 3.59. The second-order valence-electron chi connectivity index (χ2n) is 6.26. The number of nitrogens with zero attached hydrogens (tertiary/aromatic N) is 3. The monoisotopic (exact) mass is 312 g/mol. The number of hydrogen-bond donors (Lipinski definition) is 1. The van der Waals surface area contributed by atoms with Crippen molar-refractivity contribution in [3.8, 4) is 0 Å². The Bertz CT molecular complexity index is 665. The first kappa shape index (κ1) is 15.7. The lowest BCUT2D eigenvalue weighted by Crippen LogP contribution is -2.47. The van der Waals surface area contributed by atoms with Gasteiger partial charge in [-0.05, 0) is 18.9 Å². The highest BCUT2D eigenvalue weighted by Crippen LogP contribution is 2.16. The largest absolute Gasteiger partial charge is 0.337 e. The van der Waals surface area contributed by atoms with Crippen LogP contribution in [0.2, 0.25) is 0 Å². The lowest BCUT2D eigenvalue weighted by Gasteiger charge is -2.33. The van der Waals surface area contributed by atoms with Crippen LogP contribution in [0.15, 0.2) is 36.5 Å². The van der Waals surface area contributed by atoms with Crippen LogP contribution in [0.5, 0.6) is 0 Å². The number of piperidine rings is 1. The molecule has 5 heteroatoms. The molecule has 2 aromatic rings. The van der Waals surface area contributed by atoms with Crippen molar-refractivity contribution in [2.24, 2.45) is 7.05 Å². The van der Waals surface area contributed by atoms with E-state index in [1.54, 1.807) is 0 Å². The molecule has 122 valence electrons. The Kier molecular flexibility index (Phi) is 4.76. The molecule has 23 heavy (non-hydrogen) atoms. The van der Waals surface area contributed by atoms with Gasteiger partial charge in [-0.2, -0.15) is 5.10 Å². The number of likely N-dealkylation sites (tertiary alicyclic amines) is 1. The molecule has 0 aliphatic carbocycles. The van der Waals surface area contributed by atoms with Crippen molar-refractivity contribution in [2.45, 2.75) is 38.9 Å². The normalized spacial score (nSPS) is 18.4. The number of rotatable bonds is 5. The van der Waals surface area contributed by atoms with Crippen LogP contribution in [-0.2, 0) is 24.9 Å². The Morgan fingerprint density at radius 3 is 2.78 bits per heavy atom. The minimum absolute atomic E-state index is 0.254. The summed E-state index contributed by atoms with van der Waals surface area (Å²) < 4.78 is 1.89. The SMILES string of the molecule is Cc1c(CN[C@@H]2CCC(=O)N(Cc3ccccc3)C2)cnn1C. The predicted molar refractivity (Wildman–Crippen MR) is 89.7 cm³/mol. The van der Waals surface area contributed by atoms with Gasteiger partial charge in [-0.25, -0.2) is 0 Å². The third-order valence-electron chi connectivity index (χ3n) is 4.63. The standard InChI is InChI=1S/C18H24N4O/c1-14-16(11-20-21(14)2)10-19-17-8-9-18(23)22(13-17)12-15-6-4-3-5-7-15/h3-7,11,17,19H,8-10,12-13H2,1-2H3/t17-/m1/s1. The van der Waals surface area contributed by atoms with Crippen molar-refractivity contribution < 1.29 is 4.79 Å². The molecular formula is C18H24N4O. The van der Waals surface area contributed by atoms with Gasteiger partial charge in [0.1, 0.15) is 0 Å². The molecule has 5 nitrogen and oxygen atoms in total. The summed E-state index contributed by atoms with van der Waals surface area (Å²) >= 11 is 0. The highest BCUT2D eigenvalue weighted by Gasteiger charge is 2.25. The molecule has 1 atom stereocenters. The number of benzene rings is 1. The smallest absolute Gasteiger partial charge is 0.222 e. The summed E-state index contributed by atoms with van der Waals surface area (Å²) in [7, 11) is 1.96. The zero-order valence-corrected chi connectivity index (χ0v) is 13.8. The predicted octanol–water partition coefficient (Wildman–Crippen LogP) is 2.01. The van der Waals surface area contributed by atoms with Crippen molar-refractivity contribution in [1.29, 1.82) is 0 Å². The quantitative estimate of drug-likeness (QED) is 0.919. The molecule has 1 amide bonds. The average Bonchev–Trinajstić information content (AvgIpc) is 2.88. The number of hydrogen-bond acceptors (Lipinski definition) is 3. The van der Waals surface area contributed by atoms with Gasteiger partial charge in [0, 0.05) is 50.4 Å². The summed E-state index contributed by atoms with van der Waals surface area (Å²) in [6, 6.07) is 10.5. The van der Waals surface area contributed by atoms with Crippen molar-refractivity contribution in [1.82, 2.24) is 20.0 Å². The van der Waals surface area contributed by atoms with E-state index in [-0.39, 0.29) is 5.91 Å². The molecule has 1 aliphatic heterocycles. The van der Waals surface area contributed by atoms with Gasteiger partial charge in [-0.3, -0.25) is 9.48 Å². The third kappa shape index (κ3) is 3.79. The molecule has 3 rings (SSSR count). The summed E-state index contributed by atoms with van der Waals surface area (Å²) in [6.07, 6.45) is 3.44. The molecule has 0 radical (unpaired) electrons. The molecule has 0 saturated carbocycles. The minimum Gasteiger partial charge on any atom is -0.337 e. The van der Waals surface area contributed by atoms with Gasteiger partial charge in [0.25, 0.3) is 0 Å². The van der Waals surface area contributed by atoms with E-state index in [1.807, 2.05) is 41.0 Å². The lowest BCUT2D eigenvalue weighted by atomic mass is 10.0. The maximum absolute atomic E-state index is 12.2. The number of amides is 1. The fourth-order valence-corrected chi connectivity index (χ4v) is 3.01. The highest BCUT2D eigenvalue weighted by molar-refractivity contribution is 5.77. The van der Waals surface area contributed by atoms with E-state index in [0.717, 1.165) is 19.5 Å². The molecule has 1 aromatic heterocycles. The molecule has 1 N–H and O–H groups in total. The van der Waals surface area contributed by atoms with Crippen LogP contribution in [0.25, 0.3) is 0 Å². The van der Waals surface area contributed by atoms with E-state index in [2.05, 4.69) is 29.5 Å². The maximum Gasteiger partial charge on any atom is 0.222 e. The Labute approximate surface area is 137 Å². The van der Waals surface area contributed by atoms with Crippen molar-refractivity contribution in [3.05, 3.63) is 53.3 Å². The zero-order chi connectivity index (χ0) is 16.2. The van der Waals surface area contributed by atoms with Crippen LogP contribution in [0.3, 0.4) is 0 Å². The molecular weight excluding hydrogens is 288 g/mol. The summed E-state index contributed by atoms with van der Waals surface area (Å²) in [5.74, 6) is 0.254. The molecule has 0 bridgehead atoms. The maximum atomic E-state index is 12.2. The van der Waals surface area contributed by atoms with E-state index in [1.165, 1.54) is 16.8 Å².